The largest absolute Gasteiger partial charge is 0.465 e. The van der Waals surface area contributed by atoms with Gasteiger partial charge in [0.05, 0.1) is 11.1 Å². The van der Waals surface area contributed by atoms with Gasteiger partial charge in [0.25, 0.3) is 11.8 Å². The fourth-order valence-corrected chi connectivity index (χ4v) is 4.37. The van der Waals surface area contributed by atoms with Crippen molar-refractivity contribution in [3.8, 4) is 0 Å². The van der Waals surface area contributed by atoms with Gasteiger partial charge in [0.1, 0.15) is 0 Å². The van der Waals surface area contributed by atoms with Crippen LogP contribution in [0, 0.1) is 0 Å². The highest BCUT2D eigenvalue weighted by Gasteiger charge is 2.34. The summed E-state index contributed by atoms with van der Waals surface area (Å²) < 4.78 is 0. The van der Waals surface area contributed by atoms with Gasteiger partial charge in [0, 0.05) is 24.9 Å². The first-order valence-electron chi connectivity index (χ1n) is 8.12. The van der Waals surface area contributed by atoms with Gasteiger partial charge in [-0.2, -0.15) is 11.8 Å². The normalized spacial score (nSPS) is 19.9. The topological polar surface area (TPSA) is 77.9 Å². The monoisotopic (exact) mass is 348 g/mol. The minimum Gasteiger partial charge on any atom is -0.465 e. The van der Waals surface area contributed by atoms with Crippen molar-refractivity contribution in [2.24, 2.45) is 0 Å². The van der Waals surface area contributed by atoms with Crippen LogP contribution in [0.4, 0.5) is 4.79 Å². The molecule has 0 unspecified atom stereocenters. The number of fused-ring (bicyclic) bond motifs is 1. The number of rotatable bonds is 6. The van der Waals surface area contributed by atoms with Crippen LogP contribution in [0.1, 0.15) is 40.0 Å². The molecule has 1 aromatic rings. The van der Waals surface area contributed by atoms with Gasteiger partial charge in [0.15, 0.2) is 0 Å². The molecule has 24 heavy (non-hydrogen) atoms. The van der Waals surface area contributed by atoms with Gasteiger partial charge in [-0.15, -0.1) is 0 Å². The lowest BCUT2D eigenvalue weighted by atomic mass is 10.1. The Hall–Kier alpha value is -2.02. The Morgan fingerprint density at radius 1 is 1.21 bits per heavy atom. The average Bonchev–Trinajstić information content (AvgIpc) is 3.13. The minimum absolute atomic E-state index is 0.0896. The highest BCUT2D eigenvalue weighted by Crippen LogP contribution is 2.24. The standard InChI is InChI=1S/C17H20N2O4S/c20-15-13-6-1-2-7-14(13)16(21)19(15)9-4-10-24-11-12-5-3-8-18(12)17(22)23/h1-2,6-7,12H,3-5,8-11H2,(H,22,23)/t12-/m0/s1. The van der Waals surface area contributed by atoms with Gasteiger partial charge >= 0.3 is 6.09 Å². The van der Waals surface area contributed by atoms with E-state index in [1.54, 1.807) is 36.0 Å². The van der Waals surface area contributed by atoms with E-state index in [2.05, 4.69) is 0 Å². The van der Waals surface area contributed by atoms with Crippen molar-refractivity contribution in [3.63, 3.8) is 0 Å². The zero-order chi connectivity index (χ0) is 17.1. The number of carboxylic acid groups (broad SMARTS) is 1. The second-order valence-corrected chi connectivity index (χ2v) is 7.16. The maximum atomic E-state index is 12.2. The fraction of sp³-hybridized carbons (Fsp3) is 0.471. The molecule has 3 amide bonds. The van der Waals surface area contributed by atoms with Gasteiger partial charge in [0.2, 0.25) is 0 Å². The second kappa shape index (κ2) is 7.25. The smallest absolute Gasteiger partial charge is 0.407 e. The third-order valence-corrected chi connectivity index (χ3v) is 5.68. The molecule has 0 aliphatic carbocycles. The number of thioether (sulfide) groups is 1. The van der Waals surface area contributed by atoms with E-state index in [1.807, 2.05) is 0 Å². The molecule has 1 fully saturated rings. The zero-order valence-electron chi connectivity index (χ0n) is 13.3. The summed E-state index contributed by atoms with van der Waals surface area (Å²) in [5.74, 6) is 1.15. The van der Waals surface area contributed by atoms with Crippen LogP contribution in [0.25, 0.3) is 0 Å². The summed E-state index contributed by atoms with van der Waals surface area (Å²) in [5, 5.41) is 9.11. The van der Waals surface area contributed by atoms with Crippen LogP contribution in [0.15, 0.2) is 24.3 Å². The Balaban J connectivity index is 1.42. The molecule has 128 valence electrons. The molecule has 1 aromatic carbocycles. The number of hydrogen-bond acceptors (Lipinski definition) is 4. The van der Waals surface area contributed by atoms with Crippen LogP contribution in [-0.2, 0) is 0 Å². The molecule has 0 radical (unpaired) electrons. The van der Waals surface area contributed by atoms with Crippen LogP contribution < -0.4 is 0 Å². The molecule has 2 heterocycles. The summed E-state index contributed by atoms with van der Waals surface area (Å²) in [6, 6.07) is 6.99. The summed E-state index contributed by atoms with van der Waals surface area (Å²) in [7, 11) is 0. The van der Waals surface area contributed by atoms with Crippen LogP contribution in [0.2, 0.25) is 0 Å². The Morgan fingerprint density at radius 2 is 1.88 bits per heavy atom. The van der Waals surface area contributed by atoms with Crippen LogP contribution in [0.5, 0.6) is 0 Å². The van der Waals surface area contributed by atoms with Crippen molar-refractivity contribution >= 4 is 29.7 Å². The van der Waals surface area contributed by atoms with E-state index in [0.717, 1.165) is 30.8 Å². The first-order chi connectivity index (χ1) is 11.6. The highest BCUT2D eigenvalue weighted by atomic mass is 32.2. The predicted octanol–water partition coefficient (Wildman–Crippen LogP) is 2.55. The molecule has 0 bridgehead atoms. The number of likely N-dealkylation sites (tertiary alicyclic amines) is 1. The van der Waals surface area contributed by atoms with Gasteiger partial charge < -0.3 is 10.0 Å². The van der Waals surface area contributed by atoms with Crippen molar-refractivity contribution in [2.75, 3.05) is 24.6 Å². The summed E-state index contributed by atoms with van der Waals surface area (Å²) in [6.45, 7) is 1.03. The number of carbonyl (C=O) groups excluding carboxylic acids is 2. The van der Waals surface area contributed by atoms with Crippen molar-refractivity contribution in [1.82, 2.24) is 9.80 Å². The average molecular weight is 348 g/mol. The molecule has 2 aliphatic rings. The number of benzene rings is 1. The fourth-order valence-electron chi connectivity index (χ4n) is 3.25. The van der Waals surface area contributed by atoms with Crippen LogP contribution in [0.3, 0.4) is 0 Å². The molecule has 0 aromatic heterocycles. The van der Waals surface area contributed by atoms with Crippen molar-refractivity contribution < 1.29 is 19.5 Å². The van der Waals surface area contributed by atoms with E-state index < -0.39 is 6.09 Å². The SMILES string of the molecule is O=C1c2ccccc2C(=O)N1CCCSC[C@@H]1CCCN1C(=O)O. The molecule has 7 heteroatoms. The van der Waals surface area contributed by atoms with E-state index in [1.165, 1.54) is 9.80 Å². The Morgan fingerprint density at radius 3 is 2.50 bits per heavy atom. The number of carbonyl (C=O) groups is 3. The van der Waals surface area contributed by atoms with E-state index in [9.17, 15) is 14.4 Å². The van der Waals surface area contributed by atoms with E-state index in [4.69, 9.17) is 5.11 Å². The quantitative estimate of drug-likeness (QED) is 0.631. The molecule has 1 N–H and O–H groups in total. The third kappa shape index (κ3) is 3.26. The molecule has 1 atom stereocenters. The Bertz CT molecular complexity index is 629. The van der Waals surface area contributed by atoms with Crippen LogP contribution >= 0.6 is 11.8 Å². The first-order valence-corrected chi connectivity index (χ1v) is 9.27. The lowest BCUT2D eigenvalue weighted by molar-refractivity contribution is 0.0654. The molecule has 3 rings (SSSR count). The second-order valence-electron chi connectivity index (χ2n) is 6.01. The molecule has 1 saturated heterocycles. The van der Waals surface area contributed by atoms with Crippen molar-refractivity contribution in [3.05, 3.63) is 35.4 Å². The maximum Gasteiger partial charge on any atom is 0.407 e. The first kappa shape index (κ1) is 16.8. The molecule has 2 aliphatic heterocycles. The van der Waals surface area contributed by atoms with Gasteiger partial charge in [-0.25, -0.2) is 4.79 Å². The van der Waals surface area contributed by atoms with Gasteiger partial charge in [-0.1, -0.05) is 12.1 Å². The minimum atomic E-state index is -0.843. The van der Waals surface area contributed by atoms with Crippen molar-refractivity contribution in [1.29, 1.82) is 0 Å². The molecular formula is C17H20N2O4S. The summed E-state index contributed by atoms with van der Waals surface area (Å²) >= 11 is 1.69. The van der Waals surface area contributed by atoms with E-state index >= 15 is 0 Å². The third-order valence-electron chi connectivity index (χ3n) is 4.48. The van der Waals surface area contributed by atoms with Crippen molar-refractivity contribution in [2.45, 2.75) is 25.3 Å². The number of hydrogen-bond donors (Lipinski definition) is 1. The Kier molecular flexibility index (Phi) is 5.08. The summed E-state index contributed by atoms with van der Waals surface area (Å²) in [4.78, 5) is 38.4. The molecular weight excluding hydrogens is 328 g/mol. The number of nitrogens with zero attached hydrogens (tertiary/aromatic N) is 2. The number of imide groups is 1. The lowest BCUT2D eigenvalue weighted by Crippen LogP contribution is -2.35. The number of amides is 3. The summed E-state index contributed by atoms with van der Waals surface area (Å²) in [5.41, 5.74) is 0.969. The van der Waals surface area contributed by atoms with Crippen LogP contribution in [-0.4, -0.2) is 63.5 Å². The predicted molar refractivity (Wildman–Crippen MR) is 91.5 cm³/mol. The molecule has 0 saturated carbocycles. The van der Waals surface area contributed by atoms with Gasteiger partial charge in [-0.3, -0.25) is 14.5 Å². The van der Waals surface area contributed by atoms with E-state index in [0.29, 0.717) is 24.2 Å². The lowest BCUT2D eigenvalue weighted by Gasteiger charge is -2.21. The molecule has 6 nitrogen and oxygen atoms in total. The zero-order valence-corrected chi connectivity index (χ0v) is 14.1. The molecule has 0 spiro atoms. The van der Waals surface area contributed by atoms with E-state index in [-0.39, 0.29) is 17.9 Å². The highest BCUT2D eigenvalue weighted by molar-refractivity contribution is 7.99. The maximum absolute atomic E-state index is 12.2. The summed E-state index contributed by atoms with van der Waals surface area (Å²) in [6.07, 6.45) is 1.71. The van der Waals surface area contributed by atoms with Gasteiger partial charge in [-0.05, 0) is 37.1 Å². The Labute approximate surface area is 144 Å².